The summed E-state index contributed by atoms with van der Waals surface area (Å²) in [6.45, 7) is 5.99. The van der Waals surface area contributed by atoms with Crippen LogP contribution in [0.1, 0.15) is 18.9 Å². The molecule has 9 nitrogen and oxygen atoms in total. The maximum absolute atomic E-state index is 12.3. The molecular weight excluding hydrogens is 489 g/mol. The summed E-state index contributed by atoms with van der Waals surface area (Å²) in [5.74, 6) is 0.767. The lowest BCUT2D eigenvalue weighted by molar-refractivity contribution is -0.384. The first kappa shape index (κ1) is 24.6. The number of hydrogen-bond donors (Lipinski definition) is 1. The normalized spacial score (nSPS) is 11.6. The molecule has 1 amide bonds. The summed E-state index contributed by atoms with van der Waals surface area (Å²) in [6, 6.07) is 10.5. The van der Waals surface area contributed by atoms with E-state index in [1.807, 2.05) is 6.92 Å². The first-order chi connectivity index (χ1) is 15.8. The third kappa shape index (κ3) is 6.47. The van der Waals surface area contributed by atoms with Gasteiger partial charge in [0.25, 0.3) is 5.69 Å². The lowest BCUT2D eigenvalue weighted by Gasteiger charge is -2.16. The van der Waals surface area contributed by atoms with Crippen molar-refractivity contribution in [2.75, 3.05) is 11.1 Å². The maximum Gasteiger partial charge on any atom is 0.269 e. The number of anilines is 1. The van der Waals surface area contributed by atoms with Crippen LogP contribution in [-0.4, -0.2) is 31.3 Å². The smallest absolute Gasteiger partial charge is 0.269 e. The molecule has 2 aromatic carbocycles. The maximum atomic E-state index is 12.3. The number of halogens is 2. The van der Waals surface area contributed by atoms with Crippen molar-refractivity contribution in [2.45, 2.75) is 24.7 Å². The fraction of sp³-hybridized carbons (Fsp3) is 0.190. The van der Waals surface area contributed by atoms with E-state index in [9.17, 15) is 14.9 Å². The Bertz CT molecular complexity index is 1170. The van der Waals surface area contributed by atoms with Gasteiger partial charge in [-0.15, -0.1) is 16.8 Å². The summed E-state index contributed by atoms with van der Waals surface area (Å²) in [5.41, 5.74) is 0.407. The third-order valence-corrected chi connectivity index (χ3v) is 5.81. The van der Waals surface area contributed by atoms with E-state index in [4.69, 9.17) is 27.9 Å². The van der Waals surface area contributed by atoms with E-state index in [0.717, 1.165) is 0 Å². The monoisotopic (exact) mass is 507 g/mol. The zero-order valence-electron chi connectivity index (χ0n) is 17.4. The number of non-ortho nitro benzene ring substituents is 1. The lowest BCUT2D eigenvalue weighted by Crippen LogP contribution is -2.15. The molecule has 0 aliphatic rings. The van der Waals surface area contributed by atoms with Crippen molar-refractivity contribution in [2.24, 2.45) is 0 Å². The van der Waals surface area contributed by atoms with E-state index in [-0.39, 0.29) is 17.3 Å². The van der Waals surface area contributed by atoms with Gasteiger partial charge in [0.1, 0.15) is 5.75 Å². The molecule has 0 aliphatic heterocycles. The molecular formula is C21H19Cl2N5O4S. The van der Waals surface area contributed by atoms with Gasteiger partial charge in [-0.05, 0) is 37.3 Å². The van der Waals surface area contributed by atoms with Crippen LogP contribution in [0.4, 0.5) is 11.4 Å². The third-order valence-electron chi connectivity index (χ3n) is 4.31. The van der Waals surface area contributed by atoms with E-state index in [1.54, 1.807) is 28.8 Å². The average Bonchev–Trinajstić information content (AvgIpc) is 3.17. The minimum atomic E-state index is -0.503. The highest BCUT2D eigenvalue weighted by molar-refractivity contribution is 7.99. The number of nitro benzene ring substituents is 1. The Kier molecular flexibility index (Phi) is 8.32. The number of nitrogens with one attached hydrogen (secondary N) is 1. The van der Waals surface area contributed by atoms with E-state index in [1.165, 1.54) is 36.0 Å². The summed E-state index contributed by atoms with van der Waals surface area (Å²) in [5, 5.41) is 23.2. The fourth-order valence-electron chi connectivity index (χ4n) is 2.82. The number of carbonyl (C=O) groups excluding carboxylic acids is 1. The highest BCUT2D eigenvalue weighted by Crippen LogP contribution is 2.31. The quantitative estimate of drug-likeness (QED) is 0.165. The van der Waals surface area contributed by atoms with Crippen LogP contribution >= 0.6 is 35.0 Å². The molecule has 1 unspecified atom stereocenters. The molecule has 0 fully saturated rings. The topological polar surface area (TPSA) is 112 Å². The summed E-state index contributed by atoms with van der Waals surface area (Å²) in [4.78, 5) is 22.6. The van der Waals surface area contributed by atoms with Gasteiger partial charge in [0, 0.05) is 29.4 Å². The van der Waals surface area contributed by atoms with Crippen molar-refractivity contribution in [3.05, 3.63) is 81.1 Å². The highest BCUT2D eigenvalue weighted by atomic mass is 35.5. The number of ether oxygens (including phenoxy) is 1. The first-order valence-electron chi connectivity index (χ1n) is 9.61. The molecule has 0 aliphatic carbocycles. The molecule has 3 aromatic rings. The molecule has 3 rings (SSSR count). The predicted octanol–water partition coefficient (Wildman–Crippen LogP) is 5.55. The fourth-order valence-corrected chi connectivity index (χ4v) is 4.02. The van der Waals surface area contributed by atoms with Crippen molar-refractivity contribution < 1.29 is 14.5 Å². The number of rotatable bonds is 10. The summed E-state index contributed by atoms with van der Waals surface area (Å²) < 4.78 is 7.73. The van der Waals surface area contributed by atoms with E-state index in [2.05, 4.69) is 22.1 Å². The van der Waals surface area contributed by atoms with Gasteiger partial charge in [-0.25, -0.2) is 0 Å². The van der Waals surface area contributed by atoms with Crippen molar-refractivity contribution in [1.82, 2.24) is 14.8 Å². The van der Waals surface area contributed by atoms with Crippen LogP contribution in [0.2, 0.25) is 10.0 Å². The minimum Gasteiger partial charge on any atom is -0.481 e. The second-order valence-electron chi connectivity index (χ2n) is 6.72. The molecule has 0 saturated heterocycles. The zero-order chi connectivity index (χ0) is 24.0. The molecule has 1 aromatic heterocycles. The average molecular weight is 508 g/mol. The van der Waals surface area contributed by atoms with Crippen LogP contribution in [0.5, 0.6) is 5.75 Å². The molecule has 12 heteroatoms. The van der Waals surface area contributed by atoms with Gasteiger partial charge in [0.05, 0.1) is 15.7 Å². The highest BCUT2D eigenvalue weighted by Gasteiger charge is 2.20. The second kappa shape index (κ2) is 11.2. The van der Waals surface area contributed by atoms with Crippen LogP contribution in [-0.2, 0) is 11.3 Å². The number of amides is 1. The van der Waals surface area contributed by atoms with Gasteiger partial charge in [0.2, 0.25) is 5.91 Å². The Morgan fingerprint density at radius 3 is 2.67 bits per heavy atom. The number of allylic oxidation sites excluding steroid dienone is 1. The number of thioether (sulfide) groups is 1. The Hall–Kier alpha value is -3.08. The van der Waals surface area contributed by atoms with Crippen LogP contribution in [0.25, 0.3) is 0 Å². The van der Waals surface area contributed by atoms with Crippen molar-refractivity contribution in [3.63, 3.8) is 0 Å². The SMILES string of the molecule is C=CCn1c(SCC(=O)Nc2ccc([N+](=O)[O-])cc2)nnc1C(C)Oc1ccc(Cl)cc1Cl. The number of nitrogens with zero attached hydrogens (tertiary/aromatic N) is 4. The molecule has 1 heterocycles. The molecule has 1 N–H and O–H groups in total. The summed E-state index contributed by atoms with van der Waals surface area (Å²) in [6.07, 6.45) is 1.20. The number of benzene rings is 2. The van der Waals surface area contributed by atoms with Gasteiger partial charge in [-0.1, -0.05) is 41.0 Å². The Balaban J connectivity index is 1.66. The number of hydrogen-bond acceptors (Lipinski definition) is 7. The largest absolute Gasteiger partial charge is 0.481 e. The molecule has 172 valence electrons. The minimum absolute atomic E-state index is 0.0522. The molecule has 1 atom stereocenters. The first-order valence-corrected chi connectivity index (χ1v) is 11.4. The summed E-state index contributed by atoms with van der Waals surface area (Å²) >= 11 is 13.3. The van der Waals surface area contributed by atoms with Crippen molar-refractivity contribution in [3.8, 4) is 5.75 Å². The molecule has 0 radical (unpaired) electrons. The molecule has 0 spiro atoms. The van der Waals surface area contributed by atoms with E-state index in [0.29, 0.717) is 39.0 Å². The van der Waals surface area contributed by atoms with Gasteiger partial charge < -0.3 is 10.1 Å². The number of aromatic nitrogens is 3. The molecule has 33 heavy (non-hydrogen) atoms. The lowest BCUT2D eigenvalue weighted by atomic mass is 10.3. The van der Waals surface area contributed by atoms with Crippen molar-refractivity contribution in [1.29, 1.82) is 0 Å². The predicted molar refractivity (Wildman–Crippen MR) is 128 cm³/mol. The van der Waals surface area contributed by atoms with Crippen LogP contribution in [0, 0.1) is 10.1 Å². The van der Waals surface area contributed by atoms with E-state index >= 15 is 0 Å². The van der Waals surface area contributed by atoms with Gasteiger partial charge in [-0.2, -0.15) is 0 Å². The Labute approximate surface area is 203 Å². The summed E-state index contributed by atoms with van der Waals surface area (Å²) in [7, 11) is 0. The zero-order valence-corrected chi connectivity index (χ0v) is 19.7. The van der Waals surface area contributed by atoms with Gasteiger partial charge >= 0.3 is 0 Å². The van der Waals surface area contributed by atoms with Gasteiger partial charge in [0.15, 0.2) is 17.1 Å². The second-order valence-corrected chi connectivity index (χ2v) is 8.50. The van der Waals surface area contributed by atoms with Crippen molar-refractivity contribution >= 4 is 52.2 Å². The number of nitro groups is 1. The Morgan fingerprint density at radius 1 is 1.30 bits per heavy atom. The van der Waals surface area contributed by atoms with E-state index < -0.39 is 11.0 Å². The Morgan fingerprint density at radius 2 is 2.03 bits per heavy atom. The molecule has 0 bridgehead atoms. The van der Waals surface area contributed by atoms with Crippen LogP contribution in [0.3, 0.4) is 0 Å². The van der Waals surface area contributed by atoms with Crippen LogP contribution < -0.4 is 10.1 Å². The van der Waals surface area contributed by atoms with Gasteiger partial charge in [-0.3, -0.25) is 19.5 Å². The molecule has 0 saturated carbocycles. The van der Waals surface area contributed by atoms with Crippen LogP contribution in [0.15, 0.2) is 60.3 Å². The standard InChI is InChI=1S/C21H19Cl2N5O4S/c1-3-10-27-20(13(2)32-18-9-4-14(22)11-17(18)23)25-26-21(27)33-12-19(29)24-15-5-7-16(8-6-15)28(30)31/h3-9,11,13H,1,10,12H2,2H3,(H,24,29). The number of carbonyl (C=O) groups is 1.